The van der Waals surface area contributed by atoms with Crippen molar-refractivity contribution in [2.45, 2.75) is 26.2 Å². The summed E-state index contributed by atoms with van der Waals surface area (Å²) < 4.78 is 10.7. The first-order valence-electron chi connectivity index (χ1n) is 6.51. The van der Waals surface area contributed by atoms with E-state index in [2.05, 4.69) is 24.0 Å². The molecule has 0 saturated heterocycles. The summed E-state index contributed by atoms with van der Waals surface area (Å²) in [6, 6.07) is 7.25. The zero-order valence-electron chi connectivity index (χ0n) is 11.7. The lowest BCUT2D eigenvalue weighted by atomic mass is 10.3. The highest BCUT2D eigenvalue weighted by Crippen LogP contribution is 2.17. The summed E-state index contributed by atoms with van der Waals surface area (Å²) in [5.74, 6) is 4.40. The Labute approximate surface area is 122 Å². The van der Waals surface area contributed by atoms with Crippen molar-refractivity contribution in [3.8, 4) is 5.75 Å². The minimum absolute atomic E-state index is 0.255. The first-order chi connectivity index (χ1) is 9.63. The number of nitrogens with two attached hydrogens (primary N) is 1. The van der Waals surface area contributed by atoms with Crippen LogP contribution in [0, 0.1) is 5.92 Å². The molecule has 0 saturated carbocycles. The minimum Gasteiger partial charge on any atom is -0.484 e. The fourth-order valence-electron chi connectivity index (χ4n) is 1.54. The average molecular weight is 293 g/mol. The maximum Gasteiger partial charge on any atom is 0.264 e. The molecule has 0 aliphatic rings. The second-order valence-electron chi connectivity index (χ2n) is 4.87. The van der Waals surface area contributed by atoms with Crippen LogP contribution in [-0.2, 0) is 12.4 Å². The van der Waals surface area contributed by atoms with E-state index in [-0.39, 0.29) is 6.61 Å². The largest absolute Gasteiger partial charge is 0.484 e. The van der Waals surface area contributed by atoms with Gasteiger partial charge in [0.25, 0.3) is 5.89 Å². The van der Waals surface area contributed by atoms with E-state index in [9.17, 15) is 0 Å². The van der Waals surface area contributed by atoms with Crippen LogP contribution in [-0.4, -0.2) is 15.9 Å². The standard InChI is InChI=1S/C14H19N3O2S/c1-10(2)8-20-9-13-16-14(19-17-13)7-18-12-5-3-4-11(15)6-12/h3-6,10H,7-9,15H2,1-2H3. The Morgan fingerprint density at radius 2 is 2.25 bits per heavy atom. The molecule has 0 bridgehead atoms. The van der Waals surface area contributed by atoms with Crippen LogP contribution in [0.15, 0.2) is 28.8 Å². The van der Waals surface area contributed by atoms with Gasteiger partial charge in [0.2, 0.25) is 0 Å². The lowest BCUT2D eigenvalue weighted by Gasteiger charge is -2.03. The molecule has 0 aliphatic heterocycles. The molecular weight excluding hydrogens is 274 g/mol. The molecule has 1 aromatic heterocycles. The monoisotopic (exact) mass is 293 g/mol. The second kappa shape index (κ2) is 7.19. The van der Waals surface area contributed by atoms with Crippen LogP contribution in [0.1, 0.15) is 25.6 Å². The Hall–Kier alpha value is -1.69. The highest BCUT2D eigenvalue weighted by molar-refractivity contribution is 7.98. The summed E-state index contributed by atoms with van der Waals surface area (Å²) in [7, 11) is 0. The zero-order valence-corrected chi connectivity index (χ0v) is 12.5. The molecule has 108 valence electrons. The van der Waals surface area contributed by atoms with Gasteiger partial charge in [0.05, 0.1) is 5.75 Å². The van der Waals surface area contributed by atoms with E-state index in [0.717, 1.165) is 11.5 Å². The predicted octanol–water partition coefficient (Wildman–Crippen LogP) is 3.12. The third kappa shape index (κ3) is 4.77. The minimum atomic E-state index is 0.255. The predicted molar refractivity (Wildman–Crippen MR) is 80.5 cm³/mol. The number of aromatic nitrogens is 2. The maximum absolute atomic E-state index is 5.68. The van der Waals surface area contributed by atoms with Crippen molar-refractivity contribution in [2.75, 3.05) is 11.5 Å². The van der Waals surface area contributed by atoms with Gasteiger partial charge in [0.15, 0.2) is 12.4 Å². The van der Waals surface area contributed by atoms with Gasteiger partial charge in [-0.3, -0.25) is 0 Å². The Balaban J connectivity index is 1.80. The molecule has 2 rings (SSSR count). The summed E-state index contributed by atoms with van der Waals surface area (Å²) >= 11 is 1.80. The van der Waals surface area contributed by atoms with Crippen molar-refractivity contribution in [3.63, 3.8) is 0 Å². The van der Waals surface area contributed by atoms with Crippen molar-refractivity contribution in [2.24, 2.45) is 5.92 Å². The van der Waals surface area contributed by atoms with E-state index >= 15 is 0 Å². The van der Waals surface area contributed by atoms with Crippen molar-refractivity contribution in [1.29, 1.82) is 0 Å². The highest BCUT2D eigenvalue weighted by atomic mass is 32.2. The van der Waals surface area contributed by atoms with Gasteiger partial charge in [-0.2, -0.15) is 16.7 Å². The van der Waals surface area contributed by atoms with Gasteiger partial charge in [0.1, 0.15) is 5.75 Å². The van der Waals surface area contributed by atoms with Crippen LogP contribution >= 0.6 is 11.8 Å². The van der Waals surface area contributed by atoms with Gasteiger partial charge in [-0.15, -0.1) is 0 Å². The van der Waals surface area contributed by atoms with E-state index in [1.807, 2.05) is 18.2 Å². The lowest BCUT2D eigenvalue weighted by molar-refractivity contribution is 0.242. The Bertz CT molecular complexity index is 543. The quantitative estimate of drug-likeness (QED) is 0.791. The number of anilines is 1. The van der Waals surface area contributed by atoms with Gasteiger partial charge < -0.3 is 15.0 Å². The molecular formula is C14H19N3O2S. The number of thioether (sulfide) groups is 1. The molecule has 1 aromatic carbocycles. The van der Waals surface area contributed by atoms with Gasteiger partial charge >= 0.3 is 0 Å². The zero-order chi connectivity index (χ0) is 14.4. The molecule has 0 atom stereocenters. The van der Waals surface area contributed by atoms with Gasteiger partial charge in [-0.25, -0.2) is 0 Å². The normalized spacial score (nSPS) is 10.9. The van der Waals surface area contributed by atoms with Gasteiger partial charge in [0, 0.05) is 11.8 Å². The Morgan fingerprint density at radius 1 is 1.40 bits per heavy atom. The molecule has 0 amide bonds. The van der Waals surface area contributed by atoms with E-state index in [1.54, 1.807) is 17.8 Å². The molecule has 0 aliphatic carbocycles. The van der Waals surface area contributed by atoms with Gasteiger partial charge in [-0.1, -0.05) is 25.1 Å². The lowest BCUT2D eigenvalue weighted by Crippen LogP contribution is -1.97. The van der Waals surface area contributed by atoms with E-state index in [4.69, 9.17) is 15.0 Å². The third-order valence-electron chi connectivity index (χ3n) is 2.41. The fourth-order valence-corrected chi connectivity index (χ4v) is 2.43. The summed E-state index contributed by atoms with van der Waals surface area (Å²) in [6.45, 7) is 4.63. The molecule has 5 nitrogen and oxygen atoms in total. The number of benzene rings is 1. The highest BCUT2D eigenvalue weighted by Gasteiger charge is 2.07. The number of hydrogen-bond acceptors (Lipinski definition) is 6. The Morgan fingerprint density at radius 3 is 3.00 bits per heavy atom. The smallest absolute Gasteiger partial charge is 0.264 e. The molecule has 20 heavy (non-hydrogen) atoms. The molecule has 2 aromatic rings. The van der Waals surface area contributed by atoms with Crippen molar-refractivity contribution < 1.29 is 9.26 Å². The Kier molecular flexibility index (Phi) is 5.29. The average Bonchev–Trinajstić information content (AvgIpc) is 2.84. The second-order valence-corrected chi connectivity index (χ2v) is 5.90. The number of rotatable bonds is 7. The number of hydrogen-bond donors (Lipinski definition) is 1. The molecule has 0 radical (unpaired) electrons. The van der Waals surface area contributed by atoms with E-state index < -0.39 is 0 Å². The number of nitrogen functional groups attached to an aromatic ring is 1. The molecule has 1 heterocycles. The molecule has 0 fully saturated rings. The van der Waals surface area contributed by atoms with Crippen LogP contribution in [0.3, 0.4) is 0 Å². The molecule has 0 unspecified atom stereocenters. The first-order valence-corrected chi connectivity index (χ1v) is 7.66. The summed E-state index contributed by atoms with van der Waals surface area (Å²) in [5, 5.41) is 3.93. The van der Waals surface area contributed by atoms with Crippen LogP contribution in [0.4, 0.5) is 5.69 Å². The molecule has 2 N–H and O–H groups in total. The summed E-state index contributed by atoms with van der Waals surface area (Å²) in [4.78, 5) is 4.29. The topological polar surface area (TPSA) is 74.2 Å². The van der Waals surface area contributed by atoms with Crippen LogP contribution in [0.25, 0.3) is 0 Å². The van der Waals surface area contributed by atoms with Crippen LogP contribution in [0.2, 0.25) is 0 Å². The van der Waals surface area contributed by atoms with Crippen molar-refractivity contribution in [3.05, 3.63) is 36.0 Å². The summed E-state index contributed by atoms with van der Waals surface area (Å²) in [5.41, 5.74) is 6.34. The van der Waals surface area contributed by atoms with E-state index in [0.29, 0.717) is 29.1 Å². The molecule has 6 heteroatoms. The fraction of sp³-hybridized carbons (Fsp3) is 0.429. The van der Waals surface area contributed by atoms with E-state index in [1.165, 1.54) is 0 Å². The van der Waals surface area contributed by atoms with Gasteiger partial charge in [-0.05, 0) is 23.8 Å². The van der Waals surface area contributed by atoms with Crippen LogP contribution < -0.4 is 10.5 Å². The van der Waals surface area contributed by atoms with Crippen molar-refractivity contribution in [1.82, 2.24) is 10.1 Å². The summed E-state index contributed by atoms with van der Waals surface area (Å²) in [6.07, 6.45) is 0. The number of ether oxygens (including phenoxy) is 1. The first kappa shape index (κ1) is 14.7. The molecule has 0 spiro atoms. The SMILES string of the molecule is CC(C)CSCc1noc(COc2cccc(N)c2)n1. The van der Waals surface area contributed by atoms with Crippen molar-refractivity contribution >= 4 is 17.4 Å². The number of nitrogens with zero attached hydrogens (tertiary/aromatic N) is 2. The van der Waals surface area contributed by atoms with Crippen LogP contribution in [0.5, 0.6) is 5.75 Å². The third-order valence-corrected chi connectivity index (χ3v) is 3.78. The maximum atomic E-state index is 5.68.